The van der Waals surface area contributed by atoms with E-state index in [1.54, 1.807) is 24.6 Å². The second-order valence-corrected chi connectivity index (χ2v) is 1.40. The van der Waals surface area contributed by atoms with E-state index in [4.69, 9.17) is 5.26 Å². The third-order valence-corrected chi connectivity index (χ3v) is 0.847. The molecule has 0 atom stereocenters. The fourth-order valence-electron chi connectivity index (χ4n) is 0.461. The van der Waals surface area contributed by atoms with E-state index in [-0.39, 0.29) is 36.5 Å². The first-order valence-corrected chi connectivity index (χ1v) is 2.29. The summed E-state index contributed by atoms with van der Waals surface area (Å²) in [4.78, 5) is 0. The van der Waals surface area contributed by atoms with Gasteiger partial charge in [0.2, 0.25) is 0 Å². The van der Waals surface area contributed by atoms with Crippen LogP contribution >= 0.6 is 0 Å². The Morgan fingerprint density at radius 1 is 1.40 bits per heavy atom. The second kappa shape index (κ2) is 6.97. The van der Waals surface area contributed by atoms with E-state index in [1.165, 1.54) is 0 Å². The molecule has 1 nitrogen and oxygen atoms in total. The molecule has 0 amide bonds. The van der Waals surface area contributed by atoms with Crippen molar-refractivity contribution in [2.45, 2.75) is 0 Å². The Hall–Kier alpha value is -0.147. The zero-order valence-electron chi connectivity index (χ0n) is 5.34. The molecule has 3 heteroatoms. The van der Waals surface area contributed by atoms with Crippen molar-refractivity contribution < 1.29 is 36.5 Å². The van der Waals surface area contributed by atoms with Crippen molar-refractivity contribution in [3.63, 3.8) is 0 Å². The third kappa shape index (κ3) is 3.80. The molecule has 0 fully saturated rings. The summed E-state index contributed by atoms with van der Waals surface area (Å²) >= 11 is 0. The Morgan fingerprint density at radius 3 is 2.40 bits per heavy atom. The van der Waals surface area contributed by atoms with Gasteiger partial charge in [-0.15, -0.1) is 5.73 Å². The number of halogens is 1. The summed E-state index contributed by atoms with van der Waals surface area (Å²) in [6, 6.07) is 2.01. The normalized spacial score (nSPS) is 12.1. The van der Waals surface area contributed by atoms with Gasteiger partial charge in [0.25, 0.3) is 0 Å². The van der Waals surface area contributed by atoms with Gasteiger partial charge in [-0.3, -0.25) is 0 Å². The van der Waals surface area contributed by atoms with Gasteiger partial charge in [-0.05, 0) is 18.2 Å². The average Bonchev–Trinajstić information content (AvgIpc) is 1.90. The van der Waals surface area contributed by atoms with Crippen molar-refractivity contribution >= 4 is 0 Å². The molecule has 0 heterocycles. The molecular formula is C7H4BrNZn-. The van der Waals surface area contributed by atoms with Gasteiger partial charge in [0.1, 0.15) is 0 Å². The van der Waals surface area contributed by atoms with Crippen LogP contribution in [-0.4, -0.2) is 0 Å². The van der Waals surface area contributed by atoms with E-state index < -0.39 is 0 Å². The molecule has 0 saturated carbocycles. The van der Waals surface area contributed by atoms with Crippen LogP contribution in [0.2, 0.25) is 0 Å². The van der Waals surface area contributed by atoms with Crippen molar-refractivity contribution in [1.82, 2.24) is 0 Å². The maximum absolute atomic E-state index is 8.27. The van der Waals surface area contributed by atoms with Crippen molar-refractivity contribution in [3.05, 3.63) is 36.0 Å². The van der Waals surface area contributed by atoms with Crippen LogP contribution in [0.1, 0.15) is 0 Å². The quantitative estimate of drug-likeness (QED) is 0.372. The summed E-state index contributed by atoms with van der Waals surface area (Å²) in [5, 5.41) is 8.27. The van der Waals surface area contributed by atoms with Crippen LogP contribution in [0.25, 0.3) is 0 Å². The Labute approximate surface area is 83.6 Å². The van der Waals surface area contributed by atoms with Crippen molar-refractivity contribution in [3.8, 4) is 6.07 Å². The third-order valence-electron chi connectivity index (χ3n) is 0.847. The first kappa shape index (κ1) is 12.5. The first-order valence-electron chi connectivity index (χ1n) is 2.29. The Bertz CT molecular complexity index is 218. The molecule has 0 saturated heterocycles. The van der Waals surface area contributed by atoms with Crippen LogP contribution in [-0.2, 0) is 19.5 Å². The summed E-state index contributed by atoms with van der Waals surface area (Å²) < 4.78 is 0. The molecule has 0 aromatic heterocycles. The molecule has 0 aromatic rings. The molecule has 1 aliphatic rings. The second-order valence-electron chi connectivity index (χ2n) is 1.40. The van der Waals surface area contributed by atoms with E-state index in [9.17, 15) is 0 Å². The van der Waals surface area contributed by atoms with Gasteiger partial charge in [0, 0.05) is 31.5 Å². The SMILES string of the molecule is N#CC1=CC=C=C[CH]1.[Br-].[Zn]. The average molecular weight is 247 g/mol. The number of hydrogen-bond donors (Lipinski definition) is 0. The zero-order chi connectivity index (χ0) is 5.82. The van der Waals surface area contributed by atoms with E-state index in [0.717, 1.165) is 0 Å². The Morgan fingerprint density at radius 2 is 2.10 bits per heavy atom. The molecule has 1 radical (unpaired) electrons. The van der Waals surface area contributed by atoms with Crippen LogP contribution in [0, 0.1) is 17.8 Å². The molecule has 47 valence electrons. The summed E-state index contributed by atoms with van der Waals surface area (Å²) in [5.41, 5.74) is 3.50. The summed E-state index contributed by atoms with van der Waals surface area (Å²) in [5.74, 6) is 0. The standard InChI is InChI=1S/C7H4N.BrH.Zn/c8-6-7-4-2-1-3-5-7;;/h2-5H;1H;/p-1. The maximum atomic E-state index is 8.27. The minimum absolute atomic E-state index is 0. The fourth-order valence-corrected chi connectivity index (χ4v) is 0.461. The number of hydrogen-bond acceptors (Lipinski definition) is 1. The number of allylic oxidation sites excluding steroid dienone is 3. The molecule has 0 spiro atoms. The minimum atomic E-state index is 0. The number of rotatable bonds is 0. The molecule has 0 aliphatic heterocycles. The molecule has 1 rings (SSSR count). The predicted octanol–water partition coefficient (Wildman–Crippen LogP) is -1.63. The molecule has 0 N–H and O–H groups in total. The van der Waals surface area contributed by atoms with Crippen molar-refractivity contribution in [1.29, 1.82) is 5.26 Å². The van der Waals surface area contributed by atoms with Gasteiger partial charge in [-0.25, -0.2) is 0 Å². The van der Waals surface area contributed by atoms with Crippen molar-refractivity contribution in [2.75, 3.05) is 0 Å². The van der Waals surface area contributed by atoms with Crippen LogP contribution < -0.4 is 17.0 Å². The molecule has 1 aliphatic carbocycles. The Balaban J connectivity index is 0. The first-order chi connectivity index (χ1) is 3.93. The number of nitriles is 1. The van der Waals surface area contributed by atoms with Gasteiger partial charge < -0.3 is 17.0 Å². The maximum Gasteiger partial charge on any atom is 0.0954 e. The molecule has 10 heavy (non-hydrogen) atoms. The molecule has 0 bridgehead atoms. The number of nitrogens with zero attached hydrogens (tertiary/aromatic N) is 1. The smallest absolute Gasteiger partial charge is 0.0954 e. The van der Waals surface area contributed by atoms with Gasteiger partial charge in [0.15, 0.2) is 0 Å². The van der Waals surface area contributed by atoms with Gasteiger partial charge in [0.05, 0.1) is 6.07 Å². The molecule has 0 aromatic carbocycles. The van der Waals surface area contributed by atoms with Gasteiger partial charge in [-0.1, -0.05) is 0 Å². The minimum Gasteiger partial charge on any atom is -1.00 e. The summed E-state index contributed by atoms with van der Waals surface area (Å²) in [7, 11) is 0. The predicted molar refractivity (Wildman–Crippen MR) is 30.6 cm³/mol. The van der Waals surface area contributed by atoms with Crippen molar-refractivity contribution in [2.24, 2.45) is 0 Å². The largest absolute Gasteiger partial charge is 1.00 e. The summed E-state index contributed by atoms with van der Waals surface area (Å²) in [6.07, 6.45) is 6.89. The van der Waals surface area contributed by atoms with E-state index in [0.29, 0.717) is 5.57 Å². The van der Waals surface area contributed by atoms with Crippen LogP contribution in [0.15, 0.2) is 29.5 Å². The molecular weight excluding hydrogens is 243 g/mol. The van der Waals surface area contributed by atoms with E-state index in [2.05, 4.69) is 5.73 Å². The van der Waals surface area contributed by atoms with Gasteiger partial charge >= 0.3 is 0 Å². The monoisotopic (exact) mass is 245 g/mol. The van der Waals surface area contributed by atoms with Crippen LogP contribution in [0.4, 0.5) is 0 Å². The molecule has 0 unspecified atom stereocenters. The van der Waals surface area contributed by atoms with Crippen LogP contribution in [0.3, 0.4) is 0 Å². The topological polar surface area (TPSA) is 23.8 Å². The van der Waals surface area contributed by atoms with E-state index in [1.807, 2.05) is 6.07 Å². The zero-order valence-corrected chi connectivity index (χ0v) is 9.89. The van der Waals surface area contributed by atoms with Crippen LogP contribution in [0.5, 0.6) is 0 Å². The fraction of sp³-hybridized carbons (Fsp3) is 0. The Kier molecular flexibility index (Phi) is 8.72. The van der Waals surface area contributed by atoms with Gasteiger partial charge in [-0.2, -0.15) is 5.26 Å². The van der Waals surface area contributed by atoms with E-state index >= 15 is 0 Å². The summed E-state index contributed by atoms with van der Waals surface area (Å²) in [6.45, 7) is 0.